The molecule has 4 N–H and O–H groups in total. The number of pyridine rings is 1. The molecule has 1 heterocycles. The van der Waals surface area contributed by atoms with E-state index in [9.17, 15) is 14.4 Å². The monoisotopic (exact) mass is 266 g/mol. The van der Waals surface area contributed by atoms with Gasteiger partial charge in [-0.25, -0.2) is 14.6 Å². The summed E-state index contributed by atoms with van der Waals surface area (Å²) in [4.78, 5) is 37.7. The summed E-state index contributed by atoms with van der Waals surface area (Å²) < 4.78 is 4.85. The lowest BCUT2D eigenvalue weighted by Gasteiger charge is -2.12. The van der Waals surface area contributed by atoms with Gasteiger partial charge >= 0.3 is 12.0 Å². The highest BCUT2D eigenvalue weighted by molar-refractivity contribution is 5.98. The number of esters is 1. The van der Waals surface area contributed by atoms with E-state index in [2.05, 4.69) is 10.3 Å². The van der Waals surface area contributed by atoms with E-state index in [0.29, 0.717) is 5.69 Å². The number of amides is 3. The molecule has 19 heavy (non-hydrogen) atoms. The molecule has 0 aliphatic carbocycles. The Kier molecular flexibility index (Phi) is 4.81. The third kappa shape index (κ3) is 4.26. The zero-order valence-corrected chi connectivity index (χ0v) is 10.5. The second-order valence-electron chi connectivity index (χ2n) is 3.59. The van der Waals surface area contributed by atoms with Gasteiger partial charge in [0, 0.05) is 7.05 Å². The van der Waals surface area contributed by atoms with Crippen molar-refractivity contribution in [3.05, 3.63) is 24.0 Å². The van der Waals surface area contributed by atoms with Gasteiger partial charge in [-0.15, -0.1) is 0 Å². The Bertz CT molecular complexity index is 486. The van der Waals surface area contributed by atoms with Crippen molar-refractivity contribution in [2.24, 2.45) is 0 Å². The molecular weight excluding hydrogens is 252 g/mol. The number of hydrogen-bond acceptors (Lipinski definition) is 6. The van der Waals surface area contributed by atoms with Crippen LogP contribution in [0.3, 0.4) is 0 Å². The Morgan fingerprint density at radius 2 is 2.05 bits per heavy atom. The minimum atomic E-state index is -1.12. The van der Waals surface area contributed by atoms with Crippen LogP contribution >= 0.6 is 0 Å². The van der Waals surface area contributed by atoms with Crippen molar-refractivity contribution in [3.8, 4) is 0 Å². The van der Waals surface area contributed by atoms with Gasteiger partial charge < -0.3 is 15.8 Å². The van der Waals surface area contributed by atoms with Gasteiger partial charge in [-0.05, 0) is 19.1 Å². The Hall–Kier alpha value is -2.64. The summed E-state index contributed by atoms with van der Waals surface area (Å²) >= 11 is 0. The molecule has 0 aromatic carbocycles. The number of nitrogens with zero attached hydrogens (tertiary/aromatic N) is 1. The van der Waals surface area contributed by atoms with E-state index in [1.165, 1.54) is 32.3 Å². The third-order valence-electron chi connectivity index (χ3n) is 2.11. The summed E-state index contributed by atoms with van der Waals surface area (Å²) in [6, 6.07) is 2.18. The molecule has 8 heteroatoms. The predicted octanol–water partition coefficient (Wildman–Crippen LogP) is -0.335. The molecule has 102 valence electrons. The van der Waals surface area contributed by atoms with Crippen LogP contribution in [-0.4, -0.2) is 36.0 Å². The Labute approximate surface area is 109 Å². The minimum absolute atomic E-state index is 0.0220. The van der Waals surface area contributed by atoms with Crippen molar-refractivity contribution in [2.75, 3.05) is 12.8 Å². The van der Waals surface area contributed by atoms with Crippen LogP contribution in [0.5, 0.6) is 0 Å². The van der Waals surface area contributed by atoms with Crippen LogP contribution in [0.2, 0.25) is 0 Å². The first kappa shape index (κ1) is 14.4. The molecule has 0 fully saturated rings. The van der Waals surface area contributed by atoms with Gasteiger partial charge in [0.25, 0.3) is 5.91 Å². The average Bonchev–Trinajstić information content (AvgIpc) is 2.38. The summed E-state index contributed by atoms with van der Waals surface area (Å²) in [6.07, 6.45) is 0.176. The molecule has 1 aromatic heterocycles. The van der Waals surface area contributed by atoms with Crippen LogP contribution in [0.15, 0.2) is 18.3 Å². The molecule has 1 unspecified atom stereocenters. The van der Waals surface area contributed by atoms with Gasteiger partial charge in [0.1, 0.15) is 5.69 Å². The molecule has 0 aliphatic heterocycles. The van der Waals surface area contributed by atoms with Crippen LogP contribution in [0, 0.1) is 0 Å². The van der Waals surface area contributed by atoms with Crippen LogP contribution in [0.25, 0.3) is 0 Å². The lowest BCUT2D eigenvalue weighted by atomic mass is 10.3. The van der Waals surface area contributed by atoms with E-state index in [1.54, 1.807) is 0 Å². The standard InChI is InChI=1S/C11H14N4O4/c1-6(9(16)15-11(18)13-2)19-10(17)8-4-3-7(12)5-14-8/h3-6H,12H2,1-2H3,(H2,13,15,16,18). The van der Waals surface area contributed by atoms with Crippen molar-refractivity contribution in [1.29, 1.82) is 0 Å². The zero-order chi connectivity index (χ0) is 14.4. The molecule has 0 aliphatic rings. The van der Waals surface area contributed by atoms with Crippen LogP contribution < -0.4 is 16.4 Å². The van der Waals surface area contributed by atoms with Gasteiger partial charge in [0.2, 0.25) is 0 Å². The molecule has 8 nitrogen and oxygen atoms in total. The maximum Gasteiger partial charge on any atom is 0.357 e. The highest BCUT2D eigenvalue weighted by Crippen LogP contribution is 2.04. The first-order chi connectivity index (χ1) is 8.93. The number of nitrogens with two attached hydrogens (primary N) is 1. The molecule has 0 bridgehead atoms. The van der Waals surface area contributed by atoms with Crippen molar-refractivity contribution in [3.63, 3.8) is 0 Å². The number of anilines is 1. The smallest absolute Gasteiger partial charge is 0.357 e. The van der Waals surface area contributed by atoms with E-state index in [0.717, 1.165) is 0 Å². The number of imide groups is 1. The van der Waals surface area contributed by atoms with Gasteiger partial charge in [0.15, 0.2) is 6.10 Å². The molecule has 0 saturated heterocycles. The van der Waals surface area contributed by atoms with Crippen molar-refractivity contribution >= 4 is 23.6 Å². The maximum atomic E-state index is 11.6. The molecule has 0 saturated carbocycles. The topological polar surface area (TPSA) is 123 Å². The van der Waals surface area contributed by atoms with Crippen molar-refractivity contribution < 1.29 is 19.1 Å². The first-order valence-corrected chi connectivity index (χ1v) is 5.39. The summed E-state index contributed by atoms with van der Waals surface area (Å²) in [5.74, 6) is -1.51. The largest absolute Gasteiger partial charge is 0.448 e. The Balaban J connectivity index is 2.59. The number of urea groups is 1. The fourth-order valence-corrected chi connectivity index (χ4v) is 1.08. The minimum Gasteiger partial charge on any atom is -0.448 e. The highest BCUT2D eigenvalue weighted by Gasteiger charge is 2.20. The van der Waals surface area contributed by atoms with Crippen molar-refractivity contribution in [2.45, 2.75) is 13.0 Å². The van der Waals surface area contributed by atoms with Gasteiger partial charge in [-0.3, -0.25) is 10.1 Å². The number of ether oxygens (including phenoxy) is 1. The first-order valence-electron chi connectivity index (χ1n) is 5.39. The second-order valence-corrected chi connectivity index (χ2v) is 3.59. The van der Waals surface area contributed by atoms with E-state index in [1.807, 2.05) is 5.32 Å². The molecular formula is C11H14N4O4. The fourth-order valence-electron chi connectivity index (χ4n) is 1.08. The number of hydrogen-bond donors (Lipinski definition) is 3. The summed E-state index contributed by atoms with van der Waals surface area (Å²) in [5, 5.41) is 4.19. The van der Waals surface area contributed by atoms with E-state index < -0.39 is 24.0 Å². The number of carbonyl (C=O) groups is 3. The third-order valence-corrected chi connectivity index (χ3v) is 2.11. The average molecular weight is 266 g/mol. The summed E-state index contributed by atoms with van der Waals surface area (Å²) in [7, 11) is 1.36. The number of rotatable bonds is 3. The Morgan fingerprint density at radius 1 is 1.37 bits per heavy atom. The van der Waals surface area contributed by atoms with Crippen molar-refractivity contribution in [1.82, 2.24) is 15.6 Å². The molecule has 0 spiro atoms. The van der Waals surface area contributed by atoms with Crippen LogP contribution in [0.4, 0.5) is 10.5 Å². The van der Waals surface area contributed by atoms with E-state index >= 15 is 0 Å². The quantitative estimate of drug-likeness (QED) is 0.643. The fraction of sp³-hybridized carbons (Fsp3) is 0.273. The SMILES string of the molecule is CNC(=O)NC(=O)C(C)OC(=O)c1ccc(N)cn1. The molecule has 1 atom stereocenters. The normalized spacial score (nSPS) is 11.3. The summed E-state index contributed by atoms with van der Waals surface area (Å²) in [6.45, 7) is 1.34. The number of carbonyl (C=O) groups excluding carboxylic acids is 3. The van der Waals surface area contributed by atoms with Gasteiger partial charge in [-0.1, -0.05) is 0 Å². The van der Waals surface area contributed by atoms with E-state index in [4.69, 9.17) is 10.5 Å². The van der Waals surface area contributed by atoms with Gasteiger partial charge in [-0.2, -0.15) is 0 Å². The number of nitrogen functional groups attached to an aromatic ring is 1. The number of aromatic nitrogens is 1. The zero-order valence-electron chi connectivity index (χ0n) is 10.5. The molecule has 1 rings (SSSR count). The second kappa shape index (κ2) is 6.34. The maximum absolute atomic E-state index is 11.6. The summed E-state index contributed by atoms with van der Waals surface area (Å²) in [5.41, 5.74) is 5.85. The lowest BCUT2D eigenvalue weighted by Crippen LogP contribution is -2.43. The predicted molar refractivity (Wildman–Crippen MR) is 66.1 cm³/mol. The lowest BCUT2D eigenvalue weighted by molar-refractivity contribution is -0.127. The van der Waals surface area contributed by atoms with Gasteiger partial charge in [0.05, 0.1) is 11.9 Å². The van der Waals surface area contributed by atoms with Crippen LogP contribution in [0.1, 0.15) is 17.4 Å². The molecule has 3 amide bonds. The molecule has 0 radical (unpaired) electrons. The number of nitrogens with one attached hydrogen (secondary N) is 2. The highest BCUT2D eigenvalue weighted by atomic mass is 16.5. The van der Waals surface area contributed by atoms with Crippen LogP contribution in [-0.2, 0) is 9.53 Å². The van der Waals surface area contributed by atoms with E-state index in [-0.39, 0.29) is 5.69 Å². The Morgan fingerprint density at radius 3 is 2.58 bits per heavy atom. The molecule has 1 aromatic rings.